The lowest BCUT2D eigenvalue weighted by Crippen LogP contribution is -2.39. The van der Waals surface area contributed by atoms with Gasteiger partial charge < -0.3 is 4.90 Å². The number of carbonyl (C=O) groups is 1. The number of hydrogen-bond acceptors (Lipinski definition) is 3. The molecular formula is C19H23N3O. The van der Waals surface area contributed by atoms with Crippen LogP contribution in [0, 0.1) is 6.92 Å². The van der Waals surface area contributed by atoms with E-state index in [0.29, 0.717) is 12.3 Å². The second kappa shape index (κ2) is 7.36. The Morgan fingerprint density at radius 3 is 2.87 bits per heavy atom. The number of carbonyl (C=O) groups excluding carboxylic acids is 1. The summed E-state index contributed by atoms with van der Waals surface area (Å²) in [5.74, 6) is 1.39. The van der Waals surface area contributed by atoms with E-state index in [-0.39, 0.29) is 5.91 Å². The third-order valence-corrected chi connectivity index (χ3v) is 4.46. The van der Waals surface area contributed by atoms with Crippen LogP contribution in [0.25, 0.3) is 0 Å². The van der Waals surface area contributed by atoms with Gasteiger partial charge in [-0.1, -0.05) is 30.3 Å². The molecule has 0 N–H and O–H groups in total. The predicted molar refractivity (Wildman–Crippen MR) is 90.1 cm³/mol. The summed E-state index contributed by atoms with van der Waals surface area (Å²) in [5.41, 5.74) is 2.29. The third-order valence-electron chi connectivity index (χ3n) is 4.46. The summed E-state index contributed by atoms with van der Waals surface area (Å²) in [6.07, 6.45) is 5.35. The minimum atomic E-state index is 0.254. The van der Waals surface area contributed by atoms with Gasteiger partial charge in [-0.2, -0.15) is 0 Å². The van der Waals surface area contributed by atoms with E-state index >= 15 is 0 Å². The molecular weight excluding hydrogens is 286 g/mol. The molecule has 0 bridgehead atoms. The Morgan fingerprint density at radius 1 is 1.26 bits per heavy atom. The zero-order chi connectivity index (χ0) is 16.1. The van der Waals surface area contributed by atoms with E-state index in [9.17, 15) is 4.79 Å². The molecule has 2 aromatic rings. The topological polar surface area (TPSA) is 46.1 Å². The molecule has 4 heteroatoms. The van der Waals surface area contributed by atoms with E-state index < -0.39 is 0 Å². The zero-order valence-electron chi connectivity index (χ0n) is 13.6. The van der Waals surface area contributed by atoms with Crippen molar-refractivity contribution in [2.75, 3.05) is 13.1 Å². The smallest absolute Gasteiger partial charge is 0.222 e. The normalized spacial score (nSPS) is 18.0. The number of hydrogen-bond donors (Lipinski definition) is 0. The molecule has 120 valence electrons. The van der Waals surface area contributed by atoms with E-state index in [2.05, 4.69) is 22.1 Å². The first-order chi connectivity index (χ1) is 11.2. The first-order valence-electron chi connectivity index (χ1n) is 8.33. The Bertz CT molecular complexity index is 657. The molecule has 0 unspecified atom stereocenters. The highest BCUT2D eigenvalue weighted by atomic mass is 16.2. The summed E-state index contributed by atoms with van der Waals surface area (Å²) in [4.78, 5) is 23.2. The first kappa shape index (κ1) is 15.7. The van der Waals surface area contributed by atoms with Gasteiger partial charge in [-0.25, -0.2) is 9.97 Å². The number of piperidine rings is 1. The highest BCUT2D eigenvalue weighted by molar-refractivity contribution is 5.76. The Hall–Kier alpha value is -2.23. The SMILES string of the molecule is Cc1nccc([C@@H]2CCCN(C(=O)CCc3ccccc3)C2)n1. The summed E-state index contributed by atoms with van der Waals surface area (Å²) in [7, 11) is 0. The lowest BCUT2D eigenvalue weighted by atomic mass is 9.94. The van der Waals surface area contributed by atoms with Crippen molar-refractivity contribution < 1.29 is 4.79 Å². The number of aryl methyl sites for hydroxylation is 2. The van der Waals surface area contributed by atoms with Crippen LogP contribution in [0.3, 0.4) is 0 Å². The highest BCUT2D eigenvalue weighted by Crippen LogP contribution is 2.26. The van der Waals surface area contributed by atoms with Gasteiger partial charge in [0.15, 0.2) is 0 Å². The summed E-state index contributed by atoms with van der Waals surface area (Å²) in [6, 6.07) is 12.2. The number of nitrogens with zero attached hydrogens (tertiary/aromatic N) is 3. The van der Waals surface area contributed by atoms with Crippen molar-refractivity contribution in [2.45, 2.75) is 38.5 Å². The molecule has 23 heavy (non-hydrogen) atoms. The molecule has 1 aliphatic rings. The average Bonchev–Trinajstić information content (AvgIpc) is 2.61. The van der Waals surface area contributed by atoms with E-state index in [1.165, 1.54) is 5.56 Å². The van der Waals surface area contributed by atoms with Crippen LogP contribution < -0.4 is 0 Å². The summed E-state index contributed by atoms with van der Waals surface area (Å²) in [5, 5.41) is 0. The number of likely N-dealkylation sites (tertiary alicyclic amines) is 1. The molecule has 1 atom stereocenters. The van der Waals surface area contributed by atoms with Crippen molar-refractivity contribution in [1.82, 2.24) is 14.9 Å². The highest BCUT2D eigenvalue weighted by Gasteiger charge is 2.25. The molecule has 3 rings (SSSR count). The molecule has 2 heterocycles. The lowest BCUT2D eigenvalue weighted by molar-refractivity contribution is -0.132. The van der Waals surface area contributed by atoms with E-state index in [1.807, 2.05) is 42.3 Å². The van der Waals surface area contributed by atoms with Gasteiger partial charge in [0, 0.05) is 37.3 Å². The van der Waals surface area contributed by atoms with Gasteiger partial charge in [0.2, 0.25) is 5.91 Å². The van der Waals surface area contributed by atoms with Crippen molar-refractivity contribution >= 4 is 5.91 Å². The molecule has 1 aromatic heterocycles. The van der Waals surface area contributed by atoms with Gasteiger partial charge in [0.1, 0.15) is 5.82 Å². The van der Waals surface area contributed by atoms with Crippen molar-refractivity contribution in [2.24, 2.45) is 0 Å². The van der Waals surface area contributed by atoms with Crippen LogP contribution >= 0.6 is 0 Å². The maximum absolute atomic E-state index is 12.5. The minimum Gasteiger partial charge on any atom is -0.342 e. The first-order valence-corrected chi connectivity index (χ1v) is 8.33. The fourth-order valence-electron chi connectivity index (χ4n) is 3.20. The zero-order valence-corrected chi connectivity index (χ0v) is 13.6. The summed E-state index contributed by atoms with van der Waals surface area (Å²) < 4.78 is 0. The molecule has 4 nitrogen and oxygen atoms in total. The van der Waals surface area contributed by atoms with Crippen LogP contribution in [0.1, 0.15) is 42.3 Å². The Balaban J connectivity index is 1.58. The maximum Gasteiger partial charge on any atom is 0.222 e. The monoisotopic (exact) mass is 309 g/mol. The molecule has 0 spiro atoms. The van der Waals surface area contributed by atoms with Crippen LogP contribution in [0.15, 0.2) is 42.6 Å². The molecule has 1 saturated heterocycles. The molecule has 0 saturated carbocycles. The van der Waals surface area contributed by atoms with E-state index in [4.69, 9.17) is 0 Å². The molecule has 1 aromatic carbocycles. The number of benzene rings is 1. The lowest BCUT2D eigenvalue weighted by Gasteiger charge is -2.32. The van der Waals surface area contributed by atoms with Crippen molar-refractivity contribution in [3.8, 4) is 0 Å². The van der Waals surface area contributed by atoms with Crippen molar-refractivity contribution in [3.05, 3.63) is 59.7 Å². The summed E-state index contributed by atoms with van der Waals surface area (Å²) >= 11 is 0. The third kappa shape index (κ3) is 4.15. The Kier molecular flexibility index (Phi) is 5.01. The molecule has 0 radical (unpaired) electrons. The van der Waals surface area contributed by atoms with Gasteiger partial charge in [0.05, 0.1) is 0 Å². The fraction of sp³-hybridized carbons (Fsp3) is 0.421. The quantitative estimate of drug-likeness (QED) is 0.871. The summed E-state index contributed by atoms with van der Waals surface area (Å²) in [6.45, 7) is 3.56. The van der Waals surface area contributed by atoms with Crippen LogP contribution in [-0.2, 0) is 11.2 Å². The number of rotatable bonds is 4. The van der Waals surface area contributed by atoms with Gasteiger partial charge >= 0.3 is 0 Å². The van der Waals surface area contributed by atoms with Crippen molar-refractivity contribution in [1.29, 1.82) is 0 Å². The van der Waals surface area contributed by atoms with Crippen LogP contribution in [0.2, 0.25) is 0 Å². The Labute approximate surface area is 137 Å². The second-order valence-electron chi connectivity index (χ2n) is 6.19. The Morgan fingerprint density at radius 2 is 2.09 bits per heavy atom. The second-order valence-corrected chi connectivity index (χ2v) is 6.19. The van der Waals surface area contributed by atoms with Crippen LogP contribution in [-0.4, -0.2) is 33.9 Å². The maximum atomic E-state index is 12.5. The fourth-order valence-corrected chi connectivity index (χ4v) is 3.20. The number of amides is 1. The van der Waals surface area contributed by atoms with Gasteiger partial charge in [-0.05, 0) is 37.8 Å². The standard InChI is InChI=1S/C19H23N3O/c1-15-20-12-11-18(21-15)17-8-5-13-22(14-17)19(23)10-9-16-6-3-2-4-7-16/h2-4,6-7,11-12,17H,5,8-10,13-14H2,1H3/t17-/m1/s1. The minimum absolute atomic E-state index is 0.254. The predicted octanol–water partition coefficient (Wildman–Crippen LogP) is 3.12. The van der Waals surface area contributed by atoms with Crippen molar-refractivity contribution in [3.63, 3.8) is 0 Å². The average molecular weight is 309 g/mol. The van der Waals surface area contributed by atoms with E-state index in [0.717, 1.165) is 43.9 Å². The van der Waals surface area contributed by atoms with Crippen LogP contribution in [0.4, 0.5) is 0 Å². The molecule has 1 aliphatic heterocycles. The van der Waals surface area contributed by atoms with E-state index in [1.54, 1.807) is 0 Å². The molecule has 1 amide bonds. The largest absolute Gasteiger partial charge is 0.342 e. The van der Waals surface area contributed by atoms with Gasteiger partial charge in [0.25, 0.3) is 0 Å². The number of aromatic nitrogens is 2. The van der Waals surface area contributed by atoms with Gasteiger partial charge in [-0.15, -0.1) is 0 Å². The van der Waals surface area contributed by atoms with Gasteiger partial charge in [-0.3, -0.25) is 4.79 Å². The molecule has 0 aliphatic carbocycles. The van der Waals surface area contributed by atoms with Crippen LogP contribution in [0.5, 0.6) is 0 Å². The molecule has 1 fully saturated rings.